The van der Waals surface area contributed by atoms with Crippen LogP contribution in [0.25, 0.3) is 0 Å². The van der Waals surface area contributed by atoms with Crippen LogP contribution in [0.4, 0.5) is 13.6 Å². The van der Waals surface area contributed by atoms with Crippen molar-refractivity contribution in [3.63, 3.8) is 0 Å². The maximum absolute atomic E-state index is 14.3. The van der Waals surface area contributed by atoms with Gasteiger partial charge in [-0.25, -0.2) is 18.5 Å². The maximum Gasteiger partial charge on any atom is 0.416 e. The number of imide groups is 1. The first-order valence-electron chi connectivity index (χ1n) is 9.05. The number of aliphatic hydroxyl groups is 1. The van der Waals surface area contributed by atoms with Gasteiger partial charge in [0.2, 0.25) is 5.91 Å². The predicted octanol–water partition coefficient (Wildman–Crippen LogP) is 3.62. The number of rotatable bonds is 6. The summed E-state index contributed by atoms with van der Waals surface area (Å²) in [6.07, 6.45) is -0.464. The van der Waals surface area contributed by atoms with Crippen LogP contribution in [0.5, 0.6) is 0 Å². The Balaban J connectivity index is 1.88. The lowest BCUT2D eigenvalue weighted by molar-refractivity contribution is -0.141. The monoisotopic (exact) mass is 423 g/mol. The molecule has 2 aromatic carbocycles. The number of hydrogen-bond donors (Lipinski definition) is 1. The van der Waals surface area contributed by atoms with E-state index in [1.165, 1.54) is 6.92 Å². The molecule has 0 radical (unpaired) electrons. The van der Waals surface area contributed by atoms with Crippen LogP contribution in [0.2, 0.25) is 0 Å². The van der Waals surface area contributed by atoms with Crippen LogP contribution < -0.4 is 0 Å². The van der Waals surface area contributed by atoms with Crippen LogP contribution in [0, 0.1) is 17.6 Å². The second kappa shape index (κ2) is 8.47. The Labute approximate surface area is 171 Å². The summed E-state index contributed by atoms with van der Waals surface area (Å²) < 4.78 is 32.6. The molecule has 8 heteroatoms. The number of carbonyl (C=O) groups is 2. The average molecular weight is 424 g/mol. The molecule has 0 unspecified atom stereocenters. The smallest absolute Gasteiger partial charge is 0.416 e. The molecule has 0 aliphatic carbocycles. The van der Waals surface area contributed by atoms with Gasteiger partial charge >= 0.3 is 6.09 Å². The quantitative estimate of drug-likeness (QED) is 0.721. The molecular weight excluding hydrogens is 404 g/mol. The van der Waals surface area contributed by atoms with Crippen LogP contribution in [-0.2, 0) is 21.6 Å². The van der Waals surface area contributed by atoms with Gasteiger partial charge in [0.25, 0.3) is 0 Å². The minimum atomic E-state index is -2.14. The van der Waals surface area contributed by atoms with E-state index < -0.39 is 47.1 Å². The lowest BCUT2D eigenvalue weighted by Gasteiger charge is -2.34. The third kappa shape index (κ3) is 4.11. The van der Waals surface area contributed by atoms with E-state index in [0.717, 1.165) is 22.6 Å². The van der Waals surface area contributed by atoms with Gasteiger partial charge in [-0.15, -0.1) is 11.6 Å². The number of cyclic esters (lactones) is 1. The molecule has 1 saturated heterocycles. The van der Waals surface area contributed by atoms with Crippen molar-refractivity contribution >= 4 is 23.6 Å². The topological polar surface area (TPSA) is 66.8 Å². The Morgan fingerprint density at radius 2 is 2.00 bits per heavy atom. The molecule has 2 aromatic rings. The fourth-order valence-corrected chi connectivity index (χ4v) is 3.82. The normalized spacial score (nSPS) is 19.6. The standard InChI is InChI=1S/C21H20ClF2NO4/c1-13(21(28,12-22)17-8-7-15(23)10-18(17)24)19(26)25-16(11-29-20(25)27)9-14-5-3-2-4-6-14/h2-8,10,13,16,28H,9,11-12H2,1H3/t13-,16-,21+/m0/s1. The number of carbonyl (C=O) groups excluding carboxylic acids is 2. The highest BCUT2D eigenvalue weighted by molar-refractivity contribution is 6.18. The zero-order chi connectivity index (χ0) is 21.2. The van der Waals surface area contributed by atoms with Crippen molar-refractivity contribution in [1.29, 1.82) is 0 Å². The average Bonchev–Trinajstić information content (AvgIpc) is 3.07. The van der Waals surface area contributed by atoms with E-state index in [1.54, 1.807) is 0 Å². The molecule has 0 bridgehead atoms. The number of ether oxygens (including phenoxy) is 1. The van der Waals surface area contributed by atoms with E-state index in [1.807, 2.05) is 30.3 Å². The molecule has 154 valence electrons. The molecule has 0 spiro atoms. The van der Waals surface area contributed by atoms with E-state index in [-0.39, 0.29) is 12.2 Å². The van der Waals surface area contributed by atoms with Crippen LogP contribution in [0.15, 0.2) is 48.5 Å². The first kappa shape index (κ1) is 21.2. The summed E-state index contributed by atoms with van der Waals surface area (Å²) in [7, 11) is 0. The fourth-order valence-electron chi connectivity index (χ4n) is 3.44. The van der Waals surface area contributed by atoms with Crippen molar-refractivity contribution in [1.82, 2.24) is 4.90 Å². The summed E-state index contributed by atoms with van der Waals surface area (Å²) in [5.74, 6) is -4.43. The maximum atomic E-state index is 14.3. The van der Waals surface area contributed by atoms with Crippen molar-refractivity contribution in [3.8, 4) is 0 Å². The lowest BCUT2D eigenvalue weighted by Crippen LogP contribution is -2.50. The van der Waals surface area contributed by atoms with E-state index >= 15 is 0 Å². The Kier molecular flexibility index (Phi) is 6.19. The molecule has 0 saturated carbocycles. The van der Waals surface area contributed by atoms with Gasteiger partial charge in [0.05, 0.1) is 17.8 Å². The number of nitrogens with zero attached hydrogens (tertiary/aromatic N) is 1. The Morgan fingerprint density at radius 1 is 1.31 bits per heavy atom. The van der Waals surface area contributed by atoms with Crippen molar-refractivity contribution in [2.45, 2.75) is 25.0 Å². The number of benzene rings is 2. The summed E-state index contributed by atoms with van der Waals surface area (Å²) >= 11 is 5.91. The predicted molar refractivity (Wildman–Crippen MR) is 102 cm³/mol. The van der Waals surface area contributed by atoms with Gasteiger partial charge in [0.15, 0.2) is 0 Å². The molecule has 0 aromatic heterocycles. The zero-order valence-electron chi connectivity index (χ0n) is 15.6. The first-order valence-corrected chi connectivity index (χ1v) is 9.59. The Bertz CT molecular complexity index is 911. The lowest BCUT2D eigenvalue weighted by atomic mass is 9.82. The van der Waals surface area contributed by atoms with Crippen LogP contribution in [0.3, 0.4) is 0 Å². The van der Waals surface area contributed by atoms with E-state index in [0.29, 0.717) is 12.5 Å². The SMILES string of the molecule is C[C@@H](C(=O)N1C(=O)OC[C@@H]1Cc1ccccc1)[C@](O)(CCl)c1ccc(F)cc1F. The van der Waals surface area contributed by atoms with Gasteiger partial charge in [-0.05, 0) is 18.1 Å². The van der Waals surface area contributed by atoms with Crippen LogP contribution in [-0.4, -0.2) is 40.5 Å². The van der Waals surface area contributed by atoms with E-state index in [4.69, 9.17) is 16.3 Å². The summed E-state index contributed by atoms with van der Waals surface area (Å²) in [4.78, 5) is 26.3. The molecule has 1 fully saturated rings. The van der Waals surface area contributed by atoms with Gasteiger partial charge in [-0.3, -0.25) is 4.79 Å². The highest BCUT2D eigenvalue weighted by Gasteiger charge is 2.47. The first-order chi connectivity index (χ1) is 13.8. The molecule has 3 rings (SSSR count). The molecule has 1 N–H and O–H groups in total. The molecule has 1 aliphatic rings. The van der Waals surface area contributed by atoms with Crippen molar-refractivity contribution in [3.05, 3.63) is 71.3 Å². The van der Waals surface area contributed by atoms with Crippen molar-refractivity contribution < 1.29 is 28.2 Å². The number of hydrogen-bond acceptors (Lipinski definition) is 4. The summed E-state index contributed by atoms with van der Waals surface area (Å²) in [5, 5.41) is 11.0. The van der Waals surface area contributed by atoms with Gasteiger partial charge < -0.3 is 9.84 Å². The van der Waals surface area contributed by atoms with Crippen molar-refractivity contribution in [2.75, 3.05) is 12.5 Å². The Hall–Kier alpha value is -2.51. The third-order valence-corrected chi connectivity index (χ3v) is 5.61. The second-order valence-corrected chi connectivity index (χ2v) is 7.30. The molecule has 1 heterocycles. The Morgan fingerprint density at radius 3 is 2.62 bits per heavy atom. The van der Waals surface area contributed by atoms with Gasteiger partial charge in [-0.1, -0.05) is 43.3 Å². The number of alkyl halides is 1. The molecular formula is C21H20ClF2NO4. The molecule has 1 aliphatic heterocycles. The summed E-state index contributed by atoms with van der Waals surface area (Å²) in [6, 6.07) is 11.3. The van der Waals surface area contributed by atoms with Gasteiger partial charge in [-0.2, -0.15) is 0 Å². The summed E-state index contributed by atoms with van der Waals surface area (Å²) in [6.45, 7) is 1.36. The second-order valence-electron chi connectivity index (χ2n) is 7.03. The number of halogens is 3. The van der Waals surface area contributed by atoms with Crippen LogP contribution >= 0.6 is 11.6 Å². The van der Waals surface area contributed by atoms with Crippen molar-refractivity contribution in [2.24, 2.45) is 5.92 Å². The molecule has 3 atom stereocenters. The zero-order valence-corrected chi connectivity index (χ0v) is 16.4. The van der Waals surface area contributed by atoms with Gasteiger partial charge in [0.1, 0.15) is 23.8 Å². The number of amides is 2. The summed E-state index contributed by atoms with van der Waals surface area (Å²) in [5.41, 5.74) is -1.56. The molecule has 5 nitrogen and oxygen atoms in total. The minimum absolute atomic E-state index is 0.0103. The highest BCUT2D eigenvalue weighted by atomic mass is 35.5. The molecule has 2 amide bonds. The van der Waals surface area contributed by atoms with Gasteiger partial charge in [0, 0.05) is 11.6 Å². The third-order valence-electron chi connectivity index (χ3n) is 5.20. The fraction of sp³-hybridized carbons (Fsp3) is 0.333. The van der Waals surface area contributed by atoms with E-state index in [2.05, 4.69) is 0 Å². The van der Waals surface area contributed by atoms with Crippen LogP contribution in [0.1, 0.15) is 18.1 Å². The largest absolute Gasteiger partial charge is 0.447 e. The molecule has 29 heavy (non-hydrogen) atoms. The minimum Gasteiger partial charge on any atom is -0.447 e. The highest BCUT2D eigenvalue weighted by Crippen LogP contribution is 2.35. The van der Waals surface area contributed by atoms with E-state index in [9.17, 15) is 23.5 Å².